The molecule has 0 fully saturated rings. The van der Waals surface area contributed by atoms with Crippen LogP contribution in [0.3, 0.4) is 0 Å². The maximum absolute atomic E-state index is 9.07. The van der Waals surface area contributed by atoms with Gasteiger partial charge in [0.15, 0.2) is 0 Å². The molecule has 0 atom stereocenters. The third kappa shape index (κ3) is 1.33. The molecule has 2 N–H and O–H groups in total. The Bertz CT molecular complexity index is 237. The first-order valence-corrected chi connectivity index (χ1v) is 3.44. The molecule has 0 saturated heterocycles. The zero-order valence-electron chi connectivity index (χ0n) is 4.94. The average molecular weight is 174 g/mol. The van der Waals surface area contributed by atoms with E-state index in [4.69, 9.17) is 10.2 Å². The highest BCUT2D eigenvalue weighted by Crippen LogP contribution is 2.32. The van der Waals surface area contributed by atoms with Crippen molar-refractivity contribution in [2.45, 2.75) is 9.79 Å². The number of thiol groups is 2. The highest BCUT2D eigenvalue weighted by atomic mass is 32.1. The topological polar surface area (TPSA) is 40.5 Å². The molecule has 4 heteroatoms. The Kier molecular flexibility index (Phi) is 2.01. The van der Waals surface area contributed by atoms with Gasteiger partial charge in [-0.3, -0.25) is 0 Å². The van der Waals surface area contributed by atoms with Gasteiger partial charge in [0.25, 0.3) is 0 Å². The summed E-state index contributed by atoms with van der Waals surface area (Å²) in [5.41, 5.74) is 0. The largest absolute Gasteiger partial charge is 0.508 e. The van der Waals surface area contributed by atoms with Crippen LogP contribution in [-0.2, 0) is 0 Å². The molecule has 0 spiro atoms. The molecule has 0 unspecified atom stereocenters. The van der Waals surface area contributed by atoms with E-state index in [9.17, 15) is 0 Å². The molecule has 0 bridgehead atoms. The lowest BCUT2D eigenvalue weighted by Crippen LogP contribution is -1.72. The van der Waals surface area contributed by atoms with Gasteiger partial charge in [-0.2, -0.15) is 0 Å². The molecule has 10 heavy (non-hydrogen) atoms. The lowest BCUT2D eigenvalue weighted by molar-refractivity contribution is 0.436. The number of hydrogen-bond donors (Lipinski definition) is 4. The number of hydrogen-bond acceptors (Lipinski definition) is 4. The first-order valence-electron chi connectivity index (χ1n) is 2.55. The number of phenolic OH excluding ortho intramolecular Hbond substituents is 2. The Morgan fingerprint density at radius 1 is 1.00 bits per heavy atom. The minimum absolute atomic E-state index is 0.00975. The zero-order chi connectivity index (χ0) is 7.72. The van der Waals surface area contributed by atoms with Crippen LogP contribution in [0.25, 0.3) is 0 Å². The third-order valence-corrected chi connectivity index (χ3v) is 1.74. The zero-order valence-corrected chi connectivity index (χ0v) is 6.73. The van der Waals surface area contributed by atoms with E-state index in [0.717, 1.165) is 0 Å². The summed E-state index contributed by atoms with van der Waals surface area (Å²) in [5, 5.41) is 18.0. The van der Waals surface area contributed by atoms with E-state index >= 15 is 0 Å². The van der Waals surface area contributed by atoms with Crippen molar-refractivity contribution < 1.29 is 10.2 Å². The van der Waals surface area contributed by atoms with Crippen LogP contribution in [0.2, 0.25) is 0 Å². The monoisotopic (exact) mass is 174 g/mol. The summed E-state index contributed by atoms with van der Waals surface area (Å²) in [4.78, 5) is 0.648. The van der Waals surface area contributed by atoms with Gasteiger partial charge in [0.2, 0.25) is 0 Å². The standard InChI is InChI=1S/C6H6O2S2/c7-3-1-4(9)6(8)5(10)2-3/h1-2,7-10H. The first kappa shape index (κ1) is 7.63. The SMILES string of the molecule is Oc1cc(S)c(O)c(S)c1. The normalized spacial score (nSPS) is 9.80. The molecular weight excluding hydrogens is 168 g/mol. The van der Waals surface area contributed by atoms with Crippen LogP contribution in [0, 0.1) is 0 Å². The fourth-order valence-electron chi connectivity index (χ4n) is 0.590. The summed E-state index contributed by atoms with van der Waals surface area (Å²) in [7, 11) is 0. The molecule has 1 aromatic carbocycles. The number of phenols is 2. The van der Waals surface area contributed by atoms with Crippen LogP contribution in [0.15, 0.2) is 21.9 Å². The van der Waals surface area contributed by atoms with Gasteiger partial charge in [-0.1, -0.05) is 0 Å². The number of benzene rings is 1. The predicted molar refractivity (Wildman–Crippen MR) is 44.3 cm³/mol. The molecule has 0 amide bonds. The molecule has 0 aliphatic carbocycles. The Labute approximate surface area is 69.3 Å². The molecule has 0 saturated carbocycles. The molecule has 0 radical (unpaired) electrons. The summed E-state index contributed by atoms with van der Waals surface area (Å²) >= 11 is 7.76. The molecule has 0 heterocycles. The van der Waals surface area contributed by atoms with Crippen molar-refractivity contribution in [3.63, 3.8) is 0 Å². The quantitative estimate of drug-likeness (QED) is 0.357. The van der Waals surface area contributed by atoms with Gasteiger partial charge in [-0.05, 0) is 12.1 Å². The summed E-state index contributed by atoms with van der Waals surface area (Å²) in [5.74, 6) is 0.0391. The first-order chi connectivity index (χ1) is 4.61. The maximum atomic E-state index is 9.07. The van der Waals surface area contributed by atoms with Gasteiger partial charge in [-0.25, -0.2) is 0 Å². The molecule has 1 rings (SSSR count). The Hall–Kier alpha value is -0.480. The van der Waals surface area contributed by atoms with E-state index < -0.39 is 0 Å². The van der Waals surface area contributed by atoms with E-state index in [1.807, 2.05) is 0 Å². The predicted octanol–water partition coefficient (Wildman–Crippen LogP) is 1.68. The van der Waals surface area contributed by atoms with Gasteiger partial charge in [0.05, 0.1) is 9.79 Å². The third-order valence-electron chi connectivity index (χ3n) is 1.05. The summed E-state index contributed by atoms with van der Waals surface area (Å²) in [6, 6.07) is 2.69. The summed E-state index contributed by atoms with van der Waals surface area (Å²) < 4.78 is 0. The van der Waals surface area contributed by atoms with Crippen LogP contribution in [-0.4, -0.2) is 10.2 Å². The van der Waals surface area contributed by atoms with Crippen LogP contribution in [0.4, 0.5) is 0 Å². The second kappa shape index (κ2) is 2.64. The Morgan fingerprint density at radius 2 is 1.40 bits per heavy atom. The Morgan fingerprint density at radius 3 is 1.80 bits per heavy atom. The lowest BCUT2D eigenvalue weighted by Gasteiger charge is -2.00. The van der Waals surface area contributed by atoms with Gasteiger partial charge in [0.1, 0.15) is 11.5 Å². The van der Waals surface area contributed by atoms with Crippen LogP contribution >= 0.6 is 25.3 Å². The minimum Gasteiger partial charge on any atom is -0.508 e. The number of rotatable bonds is 0. The van der Waals surface area contributed by atoms with E-state index in [-0.39, 0.29) is 11.5 Å². The van der Waals surface area contributed by atoms with Crippen LogP contribution < -0.4 is 0 Å². The van der Waals surface area contributed by atoms with Gasteiger partial charge < -0.3 is 10.2 Å². The van der Waals surface area contributed by atoms with Crippen molar-refractivity contribution in [2.75, 3.05) is 0 Å². The molecule has 1 aromatic rings. The number of aromatic hydroxyl groups is 2. The molecule has 0 aliphatic rings. The second-order valence-corrected chi connectivity index (χ2v) is 2.80. The summed E-state index contributed by atoms with van der Waals surface area (Å²) in [6.45, 7) is 0. The second-order valence-electron chi connectivity index (χ2n) is 1.83. The lowest BCUT2D eigenvalue weighted by atomic mass is 10.3. The van der Waals surface area contributed by atoms with E-state index in [0.29, 0.717) is 9.79 Å². The van der Waals surface area contributed by atoms with E-state index in [1.165, 1.54) is 12.1 Å². The van der Waals surface area contributed by atoms with Crippen molar-refractivity contribution in [3.8, 4) is 11.5 Å². The molecule has 54 valence electrons. The minimum atomic E-state index is -0.00975. The van der Waals surface area contributed by atoms with Crippen LogP contribution in [0.5, 0.6) is 11.5 Å². The van der Waals surface area contributed by atoms with Crippen LogP contribution in [0.1, 0.15) is 0 Å². The fourth-order valence-corrected chi connectivity index (χ4v) is 1.18. The average Bonchev–Trinajstić information content (AvgIpc) is 1.82. The highest BCUT2D eigenvalue weighted by Gasteiger charge is 2.02. The molecule has 0 aromatic heterocycles. The maximum Gasteiger partial charge on any atom is 0.142 e. The molecular formula is C6H6O2S2. The van der Waals surface area contributed by atoms with Crippen molar-refractivity contribution in [2.24, 2.45) is 0 Å². The van der Waals surface area contributed by atoms with Gasteiger partial charge in [0, 0.05) is 0 Å². The Balaban J connectivity index is 3.31. The van der Waals surface area contributed by atoms with Gasteiger partial charge in [-0.15, -0.1) is 25.3 Å². The van der Waals surface area contributed by atoms with E-state index in [1.54, 1.807) is 0 Å². The van der Waals surface area contributed by atoms with Crippen molar-refractivity contribution in [1.29, 1.82) is 0 Å². The highest BCUT2D eigenvalue weighted by molar-refractivity contribution is 7.81. The van der Waals surface area contributed by atoms with Crippen molar-refractivity contribution in [1.82, 2.24) is 0 Å². The van der Waals surface area contributed by atoms with Crippen molar-refractivity contribution in [3.05, 3.63) is 12.1 Å². The van der Waals surface area contributed by atoms with Crippen molar-refractivity contribution >= 4 is 25.3 Å². The van der Waals surface area contributed by atoms with E-state index in [2.05, 4.69) is 25.3 Å². The fraction of sp³-hybridized carbons (Fsp3) is 0. The molecule has 2 nitrogen and oxygen atoms in total. The van der Waals surface area contributed by atoms with Gasteiger partial charge >= 0.3 is 0 Å². The molecule has 0 aliphatic heterocycles. The summed E-state index contributed by atoms with van der Waals surface area (Å²) in [6.07, 6.45) is 0. The smallest absolute Gasteiger partial charge is 0.142 e.